The highest BCUT2D eigenvalue weighted by Crippen LogP contribution is 2.31. The molecule has 0 saturated carbocycles. The van der Waals surface area contributed by atoms with Crippen molar-refractivity contribution in [2.24, 2.45) is 0 Å². The van der Waals surface area contributed by atoms with E-state index in [4.69, 9.17) is 23.2 Å². The molecular weight excluding hydrogens is 343 g/mol. The lowest BCUT2D eigenvalue weighted by Crippen LogP contribution is -2.01. The Morgan fingerprint density at radius 3 is 2.62 bits per heavy atom. The Hall–Kier alpha value is -2.07. The van der Waals surface area contributed by atoms with Gasteiger partial charge in [0.05, 0.1) is 24.0 Å². The highest BCUT2D eigenvalue weighted by molar-refractivity contribution is 6.33. The average molecular weight is 357 g/mol. The Bertz CT molecular complexity index is 1060. The van der Waals surface area contributed by atoms with Gasteiger partial charge in [0.15, 0.2) is 0 Å². The average Bonchev–Trinajstić information content (AvgIpc) is 2.92. The standard InChI is InChI=1S/C19H14Cl2N2O/c20-13-5-6-17(21)12(7-13)10-23-18-4-2-1-3-15(18)16-8-14(11-24)22-9-19(16)23/h1-9,24H,10-11H2. The number of hydrogen-bond donors (Lipinski definition) is 1. The van der Waals surface area contributed by atoms with Crippen molar-refractivity contribution in [3.05, 3.63) is 76.0 Å². The van der Waals surface area contributed by atoms with E-state index in [1.807, 2.05) is 30.3 Å². The first-order valence-corrected chi connectivity index (χ1v) is 8.33. The number of halogens is 2. The Labute approximate surface area is 149 Å². The number of aliphatic hydroxyl groups is 1. The van der Waals surface area contributed by atoms with Gasteiger partial charge in [0, 0.05) is 32.9 Å². The number of hydrogen-bond acceptors (Lipinski definition) is 2. The summed E-state index contributed by atoms with van der Waals surface area (Å²) in [6, 6.07) is 15.6. The molecule has 4 rings (SSSR count). The zero-order chi connectivity index (χ0) is 16.7. The summed E-state index contributed by atoms with van der Waals surface area (Å²) in [7, 11) is 0. The van der Waals surface area contributed by atoms with Gasteiger partial charge in [-0.25, -0.2) is 0 Å². The van der Waals surface area contributed by atoms with E-state index in [-0.39, 0.29) is 6.61 Å². The summed E-state index contributed by atoms with van der Waals surface area (Å²) in [5.41, 5.74) is 3.72. The minimum absolute atomic E-state index is 0.0738. The van der Waals surface area contributed by atoms with Crippen molar-refractivity contribution in [1.82, 2.24) is 9.55 Å². The van der Waals surface area contributed by atoms with Gasteiger partial charge >= 0.3 is 0 Å². The first kappa shape index (κ1) is 15.5. The maximum Gasteiger partial charge on any atom is 0.0853 e. The van der Waals surface area contributed by atoms with E-state index in [1.165, 1.54) is 0 Å². The number of nitrogens with zero attached hydrogens (tertiary/aromatic N) is 2. The summed E-state index contributed by atoms with van der Waals surface area (Å²) < 4.78 is 2.18. The Morgan fingerprint density at radius 2 is 1.79 bits per heavy atom. The smallest absolute Gasteiger partial charge is 0.0853 e. The molecule has 0 aliphatic rings. The minimum Gasteiger partial charge on any atom is -0.390 e. The van der Waals surface area contributed by atoms with Crippen molar-refractivity contribution in [3.63, 3.8) is 0 Å². The second-order valence-electron chi connectivity index (χ2n) is 5.69. The number of benzene rings is 2. The molecule has 0 unspecified atom stereocenters. The van der Waals surface area contributed by atoms with Crippen molar-refractivity contribution in [2.75, 3.05) is 0 Å². The number of aromatic nitrogens is 2. The highest BCUT2D eigenvalue weighted by Gasteiger charge is 2.13. The molecule has 0 radical (unpaired) electrons. The van der Waals surface area contributed by atoms with Gasteiger partial charge < -0.3 is 9.67 Å². The van der Waals surface area contributed by atoms with Crippen LogP contribution in [0, 0.1) is 0 Å². The van der Waals surface area contributed by atoms with Crippen LogP contribution >= 0.6 is 23.2 Å². The molecule has 0 aliphatic heterocycles. The van der Waals surface area contributed by atoms with Gasteiger partial charge in [-0.3, -0.25) is 4.98 Å². The van der Waals surface area contributed by atoms with Crippen molar-refractivity contribution in [3.8, 4) is 0 Å². The van der Waals surface area contributed by atoms with Gasteiger partial charge in [-0.2, -0.15) is 0 Å². The summed E-state index contributed by atoms with van der Waals surface area (Å²) >= 11 is 12.5. The molecule has 3 nitrogen and oxygen atoms in total. The molecule has 2 aromatic heterocycles. The SMILES string of the molecule is OCc1cc2c3ccccc3n(Cc3cc(Cl)ccc3Cl)c2cn1. The molecule has 2 aromatic carbocycles. The van der Waals surface area contributed by atoms with E-state index < -0.39 is 0 Å². The van der Waals surface area contributed by atoms with Gasteiger partial charge in [-0.15, -0.1) is 0 Å². The highest BCUT2D eigenvalue weighted by atomic mass is 35.5. The Kier molecular flexibility index (Phi) is 3.93. The lowest BCUT2D eigenvalue weighted by atomic mass is 10.2. The van der Waals surface area contributed by atoms with E-state index in [0.29, 0.717) is 22.3 Å². The summed E-state index contributed by atoms with van der Waals surface area (Å²) in [5, 5.41) is 12.9. The fourth-order valence-electron chi connectivity index (χ4n) is 3.08. The lowest BCUT2D eigenvalue weighted by Gasteiger charge is -2.10. The van der Waals surface area contributed by atoms with Crippen LogP contribution in [-0.2, 0) is 13.2 Å². The molecule has 2 heterocycles. The molecule has 0 spiro atoms. The van der Waals surface area contributed by atoms with Crippen LogP contribution in [0.4, 0.5) is 0 Å². The maximum atomic E-state index is 9.38. The zero-order valence-corrected chi connectivity index (χ0v) is 14.2. The lowest BCUT2D eigenvalue weighted by molar-refractivity contribution is 0.277. The molecule has 0 aliphatic carbocycles. The van der Waals surface area contributed by atoms with E-state index in [0.717, 1.165) is 27.4 Å². The van der Waals surface area contributed by atoms with Crippen LogP contribution < -0.4 is 0 Å². The quantitative estimate of drug-likeness (QED) is 0.558. The number of aliphatic hydroxyl groups excluding tert-OH is 1. The van der Waals surface area contributed by atoms with Crippen LogP contribution in [0.25, 0.3) is 21.8 Å². The van der Waals surface area contributed by atoms with Gasteiger partial charge in [0.2, 0.25) is 0 Å². The first-order valence-electron chi connectivity index (χ1n) is 7.58. The van der Waals surface area contributed by atoms with E-state index in [1.54, 1.807) is 12.3 Å². The first-order chi connectivity index (χ1) is 11.7. The predicted molar refractivity (Wildman–Crippen MR) is 98.7 cm³/mol. The van der Waals surface area contributed by atoms with E-state index >= 15 is 0 Å². The van der Waals surface area contributed by atoms with E-state index in [2.05, 4.69) is 21.7 Å². The van der Waals surface area contributed by atoms with Gasteiger partial charge in [-0.05, 0) is 35.9 Å². The molecule has 120 valence electrons. The molecule has 0 bridgehead atoms. The molecule has 5 heteroatoms. The Morgan fingerprint density at radius 1 is 0.958 bits per heavy atom. The van der Waals surface area contributed by atoms with Crippen LogP contribution in [0.5, 0.6) is 0 Å². The number of fused-ring (bicyclic) bond motifs is 3. The molecule has 4 aromatic rings. The minimum atomic E-state index is -0.0738. The molecule has 0 fully saturated rings. The van der Waals surface area contributed by atoms with Gasteiger partial charge in [0.25, 0.3) is 0 Å². The number of para-hydroxylation sites is 1. The molecule has 1 N–H and O–H groups in total. The van der Waals surface area contributed by atoms with Crippen LogP contribution in [-0.4, -0.2) is 14.7 Å². The zero-order valence-electron chi connectivity index (χ0n) is 12.7. The molecule has 0 saturated heterocycles. The largest absolute Gasteiger partial charge is 0.390 e. The third kappa shape index (κ3) is 2.55. The van der Waals surface area contributed by atoms with Gasteiger partial charge in [-0.1, -0.05) is 41.4 Å². The third-order valence-corrected chi connectivity index (χ3v) is 4.82. The van der Waals surface area contributed by atoms with Crippen LogP contribution in [0.2, 0.25) is 10.0 Å². The van der Waals surface area contributed by atoms with Crippen LogP contribution in [0.1, 0.15) is 11.3 Å². The number of pyridine rings is 1. The van der Waals surface area contributed by atoms with Gasteiger partial charge in [0.1, 0.15) is 0 Å². The fraction of sp³-hybridized carbons (Fsp3) is 0.105. The molecule has 24 heavy (non-hydrogen) atoms. The normalized spacial score (nSPS) is 11.5. The van der Waals surface area contributed by atoms with Crippen LogP contribution in [0.3, 0.4) is 0 Å². The monoisotopic (exact) mass is 356 g/mol. The molecule has 0 atom stereocenters. The van der Waals surface area contributed by atoms with Crippen molar-refractivity contribution in [1.29, 1.82) is 0 Å². The van der Waals surface area contributed by atoms with Crippen molar-refractivity contribution < 1.29 is 5.11 Å². The number of rotatable bonds is 3. The van der Waals surface area contributed by atoms with Crippen LogP contribution in [0.15, 0.2) is 54.7 Å². The topological polar surface area (TPSA) is 38.0 Å². The summed E-state index contributed by atoms with van der Waals surface area (Å²) in [6.45, 7) is 0.527. The summed E-state index contributed by atoms with van der Waals surface area (Å²) in [6.07, 6.45) is 1.80. The third-order valence-electron chi connectivity index (χ3n) is 4.21. The Balaban J connectivity index is 1.97. The summed E-state index contributed by atoms with van der Waals surface area (Å²) in [4.78, 5) is 4.33. The van der Waals surface area contributed by atoms with E-state index in [9.17, 15) is 5.11 Å². The second-order valence-corrected chi connectivity index (χ2v) is 6.53. The maximum absolute atomic E-state index is 9.38. The summed E-state index contributed by atoms with van der Waals surface area (Å²) in [5.74, 6) is 0. The molecular formula is C19H14Cl2N2O. The fourth-order valence-corrected chi connectivity index (χ4v) is 3.45. The van der Waals surface area contributed by atoms with Crippen molar-refractivity contribution in [2.45, 2.75) is 13.2 Å². The predicted octanol–water partition coefficient (Wildman–Crippen LogP) is 5.04. The van der Waals surface area contributed by atoms with Crippen molar-refractivity contribution >= 4 is 45.0 Å². The molecule has 0 amide bonds. The second kappa shape index (κ2) is 6.10.